The predicted molar refractivity (Wildman–Crippen MR) is 90.9 cm³/mol. The number of hydrogen-bond acceptors (Lipinski definition) is 6. The van der Waals surface area contributed by atoms with E-state index in [0.29, 0.717) is 17.2 Å². The molecule has 2 aromatic heterocycles. The van der Waals surface area contributed by atoms with Crippen molar-refractivity contribution in [3.05, 3.63) is 22.5 Å². The molecule has 21 heavy (non-hydrogen) atoms. The fraction of sp³-hybridized carbons (Fsp3) is 0.417. The topological polar surface area (TPSA) is 85.1 Å². The average molecular weight is 368 g/mol. The van der Waals surface area contributed by atoms with Crippen LogP contribution in [0.3, 0.4) is 0 Å². The summed E-state index contributed by atoms with van der Waals surface area (Å²) in [6, 6.07) is 3.39. The third-order valence-corrected chi connectivity index (χ3v) is 6.44. The predicted octanol–water partition coefficient (Wildman–Crippen LogP) is 2.62. The summed E-state index contributed by atoms with van der Waals surface area (Å²) in [4.78, 5) is 5.22. The molecule has 2 heterocycles. The molecule has 0 saturated carbocycles. The molecule has 0 spiro atoms. The van der Waals surface area contributed by atoms with Gasteiger partial charge >= 0.3 is 0 Å². The molecule has 2 rings (SSSR count). The molecule has 0 aliphatic heterocycles. The van der Waals surface area contributed by atoms with Gasteiger partial charge in [0.1, 0.15) is 4.21 Å². The Bertz CT molecular complexity index is 679. The Balaban J connectivity index is 0.00000220. The molecule has 0 aromatic carbocycles. The second-order valence-electron chi connectivity index (χ2n) is 4.53. The van der Waals surface area contributed by atoms with Gasteiger partial charge in [-0.15, -0.1) is 35.1 Å². The van der Waals surface area contributed by atoms with Crippen LogP contribution in [0.4, 0.5) is 0 Å². The van der Waals surface area contributed by atoms with Crippen molar-refractivity contribution < 1.29 is 8.42 Å². The van der Waals surface area contributed by atoms with Gasteiger partial charge in [-0.2, -0.15) is 0 Å². The Hall–Kier alpha value is -0.510. The number of thiazole rings is 1. The second-order valence-corrected chi connectivity index (χ2v) is 8.67. The van der Waals surface area contributed by atoms with Gasteiger partial charge in [-0.25, -0.2) is 18.1 Å². The number of aryl methyl sites for hydroxylation is 1. The molecule has 1 atom stereocenters. The van der Waals surface area contributed by atoms with E-state index >= 15 is 0 Å². The lowest BCUT2D eigenvalue weighted by Crippen LogP contribution is -2.28. The second kappa shape index (κ2) is 7.66. The van der Waals surface area contributed by atoms with Gasteiger partial charge in [0.25, 0.3) is 0 Å². The first-order chi connectivity index (χ1) is 9.38. The van der Waals surface area contributed by atoms with E-state index in [0.717, 1.165) is 15.6 Å². The number of nitrogens with one attached hydrogen (secondary N) is 1. The smallest absolute Gasteiger partial charge is 0.250 e. The van der Waals surface area contributed by atoms with Crippen molar-refractivity contribution >= 4 is 45.1 Å². The van der Waals surface area contributed by atoms with Crippen LogP contribution in [0.15, 0.2) is 21.7 Å². The van der Waals surface area contributed by atoms with E-state index in [1.54, 1.807) is 23.5 Å². The molecule has 0 aliphatic rings. The van der Waals surface area contributed by atoms with Crippen LogP contribution in [0.2, 0.25) is 0 Å². The summed E-state index contributed by atoms with van der Waals surface area (Å²) in [5, 5.41) is 2.90. The van der Waals surface area contributed by atoms with Gasteiger partial charge < -0.3 is 5.73 Å². The number of sulfonamides is 1. The van der Waals surface area contributed by atoms with Gasteiger partial charge in [0, 0.05) is 18.0 Å². The van der Waals surface area contributed by atoms with E-state index in [-0.39, 0.29) is 18.4 Å². The summed E-state index contributed by atoms with van der Waals surface area (Å²) in [7, 11) is -3.45. The fourth-order valence-electron chi connectivity index (χ4n) is 1.57. The van der Waals surface area contributed by atoms with Crippen molar-refractivity contribution in [2.75, 3.05) is 6.54 Å². The average Bonchev–Trinajstić information content (AvgIpc) is 2.96. The van der Waals surface area contributed by atoms with Crippen LogP contribution < -0.4 is 10.5 Å². The van der Waals surface area contributed by atoms with Crippen molar-refractivity contribution in [2.24, 2.45) is 5.73 Å². The number of halogens is 1. The Morgan fingerprint density at radius 2 is 2.14 bits per heavy atom. The lowest BCUT2D eigenvalue weighted by atomic mass is 10.3. The third-order valence-electron chi connectivity index (χ3n) is 2.61. The maximum Gasteiger partial charge on any atom is 0.250 e. The Kier molecular flexibility index (Phi) is 6.76. The monoisotopic (exact) mass is 367 g/mol. The van der Waals surface area contributed by atoms with Gasteiger partial charge in [-0.1, -0.05) is 0 Å². The minimum absolute atomic E-state index is 0. The number of nitrogens with zero attached hydrogens (tertiary/aromatic N) is 1. The summed E-state index contributed by atoms with van der Waals surface area (Å²) in [6.45, 7) is 4.13. The van der Waals surface area contributed by atoms with Crippen molar-refractivity contribution in [1.82, 2.24) is 9.71 Å². The maximum absolute atomic E-state index is 12.1. The minimum Gasteiger partial charge on any atom is -0.328 e. The zero-order chi connectivity index (χ0) is 14.8. The molecule has 3 N–H and O–H groups in total. The van der Waals surface area contributed by atoms with Crippen LogP contribution in [0.25, 0.3) is 10.6 Å². The maximum atomic E-state index is 12.1. The molecule has 0 aliphatic carbocycles. The van der Waals surface area contributed by atoms with Crippen molar-refractivity contribution in [1.29, 1.82) is 0 Å². The van der Waals surface area contributed by atoms with Crippen LogP contribution in [0.1, 0.15) is 18.4 Å². The van der Waals surface area contributed by atoms with Crippen LogP contribution in [0.5, 0.6) is 0 Å². The number of rotatable bonds is 6. The summed E-state index contributed by atoms with van der Waals surface area (Å²) in [6.07, 6.45) is 0.614. The van der Waals surface area contributed by atoms with Gasteiger partial charge in [-0.05, 0) is 32.4 Å². The Morgan fingerprint density at radius 3 is 2.71 bits per heavy atom. The molecule has 118 valence electrons. The lowest BCUT2D eigenvalue weighted by Gasteiger charge is -2.06. The van der Waals surface area contributed by atoms with Crippen LogP contribution in [-0.4, -0.2) is 26.0 Å². The number of aromatic nitrogens is 1. The van der Waals surface area contributed by atoms with Crippen molar-refractivity contribution in [3.63, 3.8) is 0 Å². The van der Waals surface area contributed by atoms with Crippen LogP contribution in [0, 0.1) is 6.92 Å². The molecule has 1 unspecified atom stereocenters. The van der Waals surface area contributed by atoms with Crippen LogP contribution >= 0.6 is 35.1 Å². The molecule has 0 saturated heterocycles. The molecular weight excluding hydrogens is 350 g/mol. The minimum atomic E-state index is -3.45. The standard InChI is InChI=1S/C12H17N3O2S3.ClH/c1-8(13)5-6-14-20(16,17)12-4-3-11(19-12)10-7-18-9(2)15-10;/h3-4,7-8,14H,5-6,13H2,1-2H3;1H. The summed E-state index contributed by atoms with van der Waals surface area (Å²) in [5.74, 6) is 0. The molecule has 0 radical (unpaired) electrons. The molecule has 0 bridgehead atoms. The summed E-state index contributed by atoms with van der Waals surface area (Å²) in [5.41, 5.74) is 6.43. The van der Waals surface area contributed by atoms with Gasteiger partial charge in [0.2, 0.25) is 10.0 Å². The van der Waals surface area contributed by atoms with Gasteiger partial charge in [-0.3, -0.25) is 0 Å². The normalized spacial score (nSPS) is 12.9. The first-order valence-corrected chi connectivity index (χ1v) is 9.34. The molecule has 0 amide bonds. The Labute approximate surface area is 139 Å². The Morgan fingerprint density at radius 1 is 1.43 bits per heavy atom. The lowest BCUT2D eigenvalue weighted by molar-refractivity contribution is 0.574. The number of nitrogens with two attached hydrogens (primary N) is 1. The highest BCUT2D eigenvalue weighted by molar-refractivity contribution is 7.91. The first-order valence-electron chi connectivity index (χ1n) is 6.16. The van der Waals surface area contributed by atoms with E-state index in [1.165, 1.54) is 11.3 Å². The fourth-order valence-corrected chi connectivity index (χ4v) is 4.62. The highest BCUT2D eigenvalue weighted by atomic mass is 35.5. The van der Waals surface area contributed by atoms with E-state index in [1.807, 2.05) is 19.2 Å². The molecule has 9 heteroatoms. The summed E-state index contributed by atoms with van der Waals surface area (Å²) >= 11 is 2.78. The highest BCUT2D eigenvalue weighted by Gasteiger charge is 2.17. The zero-order valence-electron chi connectivity index (χ0n) is 11.7. The van der Waals surface area contributed by atoms with Gasteiger partial charge in [0.05, 0.1) is 15.6 Å². The van der Waals surface area contributed by atoms with E-state index in [9.17, 15) is 8.42 Å². The van der Waals surface area contributed by atoms with Crippen molar-refractivity contribution in [2.45, 2.75) is 30.5 Å². The quantitative estimate of drug-likeness (QED) is 0.821. The van der Waals surface area contributed by atoms with Gasteiger partial charge in [0.15, 0.2) is 0 Å². The third kappa shape index (κ3) is 5.01. The van der Waals surface area contributed by atoms with E-state index < -0.39 is 10.0 Å². The molecule has 5 nitrogen and oxygen atoms in total. The molecule has 2 aromatic rings. The SMILES string of the molecule is Cc1nc(-c2ccc(S(=O)(=O)NCCC(C)N)s2)cs1.Cl. The van der Waals surface area contributed by atoms with E-state index in [2.05, 4.69) is 9.71 Å². The highest BCUT2D eigenvalue weighted by Crippen LogP contribution is 2.31. The zero-order valence-corrected chi connectivity index (χ0v) is 15.0. The van der Waals surface area contributed by atoms with E-state index in [4.69, 9.17) is 5.73 Å². The molecular formula is C12H18ClN3O2S3. The van der Waals surface area contributed by atoms with Crippen molar-refractivity contribution in [3.8, 4) is 10.6 Å². The first kappa shape index (κ1) is 18.5. The number of thiophene rings is 1. The molecule has 0 fully saturated rings. The largest absolute Gasteiger partial charge is 0.328 e. The van der Waals surface area contributed by atoms with Crippen LogP contribution in [-0.2, 0) is 10.0 Å². The summed E-state index contributed by atoms with van der Waals surface area (Å²) < 4.78 is 27.1. The number of hydrogen-bond donors (Lipinski definition) is 2.